The van der Waals surface area contributed by atoms with Crippen molar-refractivity contribution in [3.05, 3.63) is 35.9 Å². The van der Waals surface area contributed by atoms with Crippen LogP contribution in [0.5, 0.6) is 0 Å². The molecule has 0 spiro atoms. The van der Waals surface area contributed by atoms with E-state index in [1.54, 1.807) is 24.3 Å². The Balaban J connectivity index is 2.19. The normalized spacial score (nSPS) is 37.0. The van der Waals surface area contributed by atoms with Gasteiger partial charge in [-0.3, -0.25) is 0 Å². The fraction of sp³-hybridized carbons (Fsp3) is 0.538. The van der Waals surface area contributed by atoms with Crippen molar-refractivity contribution in [2.24, 2.45) is 5.73 Å². The molecule has 1 aromatic carbocycles. The highest BCUT2D eigenvalue weighted by Crippen LogP contribution is 2.28. The van der Waals surface area contributed by atoms with Crippen LogP contribution in [0.4, 0.5) is 0 Å². The predicted octanol–water partition coefficient (Wildman–Crippen LogP) is -1.47. The van der Waals surface area contributed by atoms with E-state index in [1.165, 1.54) is 0 Å². The molecule has 19 heavy (non-hydrogen) atoms. The number of aliphatic hydroxyl groups is 4. The largest absolute Gasteiger partial charge is 0.394 e. The molecular weight excluding hydrogens is 250 g/mol. The second-order valence-electron chi connectivity index (χ2n) is 4.73. The highest BCUT2D eigenvalue weighted by atomic mass is 16.5. The van der Waals surface area contributed by atoms with Gasteiger partial charge in [0.2, 0.25) is 0 Å². The van der Waals surface area contributed by atoms with Crippen LogP contribution in [0.15, 0.2) is 30.3 Å². The Morgan fingerprint density at radius 2 is 1.68 bits per heavy atom. The molecule has 1 aliphatic heterocycles. The van der Waals surface area contributed by atoms with Gasteiger partial charge >= 0.3 is 0 Å². The van der Waals surface area contributed by atoms with Gasteiger partial charge in [-0.15, -0.1) is 0 Å². The van der Waals surface area contributed by atoms with Crippen LogP contribution in [0.3, 0.4) is 0 Å². The van der Waals surface area contributed by atoms with E-state index in [9.17, 15) is 15.3 Å². The first-order chi connectivity index (χ1) is 9.06. The molecule has 0 saturated carbocycles. The monoisotopic (exact) mass is 269 g/mol. The van der Waals surface area contributed by atoms with Crippen LogP contribution in [0.1, 0.15) is 11.6 Å². The van der Waals surface area contributed by atoms with Gasteiger partial charge in [0, 0.05) is 0 Å². The molecule has 0 aliphatic carbocycles. The number of rotatable bonds is 3. The van der Waals surface area contributed by atoms with E-state index >= 15 is 0 Å². The lowest BCUT2D eigenvalue weighted by molar-refractivity contribution is -0.234. The molecule has 0 radical (unpaired) electrons. The third-order valence-electron chi connectivity index (χ3n) is 3.47. The van der Waals surface area contributed by atoms with Crippen molar-refractivity contribution >= 4 is 0 Å². The molecule has 0 bridgehead atoms. The lowest BCUT2D eigenvalue weighted by Crippen LogP contribution is -2.60. The molecule has 0 aromatic heterocycles. The first kappa shape index (κ1) is 14.4. The third-order valence-corrected chi connectivity index (χ3v) is 3.47. The van der Waals surface area contributed by atoms with E-state index in [2.05, 4.69) is 0 Å². The molecule has 6 N–H and O–H groups in total. The highest BCUT2D eigenvalue weighted by Gasteiger charge is 2.45. The molecule has 1 aliphatic rings. The number of ether oxygens (including phenoxy) is 1. The lowest BCUT2D eigenvalue weighted by Gasteiger charge is -2.42. The van der Waals surface area contributed by atoms with Crippen molar-refractivity contribution in [2.75, 3.05) is 6.61 Å². The summed E-state index contributed by atoms with van der Waals surface area (Å²) >= 11 is 0. The smallest absolute Gasteiger partial charge is 0.111 e. The van der Waals surface area contributed by atoms with Gasteiger partial charge in [0.1, 0.15) is 30.5 Å². The van der Waals surface area contributed by atoms with Crippen molar-refractivity contribution in [1.29, 1.82) is 0 Å². The molecule has 1 aromatic rings. The first-order valence-electron chi connectivity index (χ1n) is 6.17. The SMILES string of the molecule is N[C@H](c1ccccc1)[C@@H]1O[C@H](CO)[C@@H](O)[C@H](O)[C@H]1O. The van der Waals surface area contributed by atoms with Crippen molar-refractivity contribution in [3.63, 3.8) is 0 Å². The summed E-state index contributed by atoms with van der Waals surface area (Å²) in [5, 5.41) is 38.5. The standard InChI is InChI=1S/C13H19NO5/c14-9(7-4-2-1-3-5-7)13-12(18)11(17)10(16)8(6-15)19-13/h1-5,8-13,15-18H,6,14H2/t8-,9-,10-,11+,12-,13+/m1/s1. The molecule has 1 heterocycles. The summed E-state index contributed by atoms with van der Waals surface area (Å²) in [4.78, 5) is 0. The van der Waals surface area contributed by atoms with Gasteiger partial charge in [-0.25, -0.2) is 0 Å². The Morgan fingerprint density at radius 3 is 2.26 bits per heavy atom. The molecular formula is C13H19NO5. The maximum atomic E-state index is 9.96. The van der Waals surface area contributed by atoms with E-state index in [-0.39, 0.29) is 0 Å². The van der Waals surface area contributed by atoms with Gasteiger partial charge in [0.15, 0.2) is 0 Å². The quantitative estimate of drug-likeness (QED) is 0.457. The zero-order valence-electron chi connectivity index (χ0n) is 10.3. The minimum atomic E-state index is -1.40. The molecule has 1 fully saturated rings. The third kappa shape index (κ3) is 2.79. The molecule has 6 heteroatoms. The van der Waals surface area contributed by atoms with Crippen molar-refractivity contribution in [2.45, 2.75) is 36.6 Å². The topological polar surface area (TPSA) is 116 Å². The first-order valence-corrected chi connectivity index (χ1v) is 6.17. The number of aliphatic hydroxyl groups excluding tert-OH is 4. The van der Waals surface area contributed by atoms with Gasteiger partial charge in [-0.2, -0.15) is 0 Å². The Morgan fingerprint density at radius 1 is 1.05 bits per heavy atom. The van der Waals surface area contributed by atoms with Crippen molar-refractivity contribution in [1.82, 2.24) is 0 Å². The van der Waals surface area contributed by atoms with E-state index in [4.69, 9.17) is 15.6 Å². The molecule has 2 rings (SSSR count). The second kappa shape index (κ2) is 5.96. The van der Waals surface area contributed by atoms with Gasteiger partial charge in [-0.05, 0) is 5.56 Å². The van der Waals surface area contributed by atoms with Crippen LogP contribution in [0.25, 0.3) is 0 Å². The zero-order chi connectivity index (χ0) is 14.0. The van der Waals surface area contributed by atoms with Gasteiger partial charge in [0.05, 0.1) is 12.6 Å². The van der Waals surface area contributed by atoms with Crippen molar-refractivity contribution < 1.29 is 25.2 Å². The average Bonchev–Trinajstić information content (AvgIpc) is 2.45. The number of hydrogen-bond donors (Lipinski definition) is 5. The number of nitrogens with two attached hydrogens (primary N) is 1. The minimum Gasteiger partial charge on any atom is -0.394 e. The van der Waals surface area contributed by atoms with Gasteiger partial charge in [-0.1, -0.05) is 30.3 Å². The summed E-state index contributed by atoms with van der Waals surface area (Å²) in [7, 11) is 0. The maximum absolute atomic E-state index is 9.96. The van der Waals surface area contributed by atoms with Crippen molar-refractivity contribution in [3.8, 4) is 0 Å². The summed E-state index contributed by atoms with van der Waals surface area (Å²) in [6.45, 7) is -0.455. The predicted molar refractivity (Wildman–Crippen MR) is 67.1 cm³/mol. The van der Waals surface area contributed by atoms with Crippen LogP contribution in [-0.2, 0) is 4.74 Å². The molecule has 0 unspecified atom stereocenters. The number of hydrogen-bond acceptors (Lipinski definition) is 6. The lowest BCUT2D eigenvalue weighted by atomic mass is 9.89. The summed E-state index contributed by atoms with van der Waals surface area (Å²) in [6, 6.07) is 8.35. The van der Waals surface area contributed by atoms with Crippen LogP contribution in [0, 0.1) is 0 Å². The Labute approximate surface area is 111 Å². The molecule has 106 valence electrons. The highest BCUT2D eigenvalue weighted by molar-refractivity contribution is 5.20. The van der Waals surface area contributed by atoms with Gasteiger partial charge in [0.25, 0.3) is 0 Å². The summed E-state index contributed by atoms with van der Waals surface area (Å²) in [5.74, 6) is 0. The van der Waals surface area contributed by atoms with E-state index < -0.39 is 43.2 Å². The Hall–Kier alpha value is -1.02. The molecule has 0 amide bonds. The summed E-state index contributed by atoms with van der Waals surface area (Å²) in [6.07, 6.45) is -5.89. The summed E-state index contributed by atoms with van der Waals surface area (Å²) in [5.41, 5.74) is 6.77. The van der Waals surface area contributed by atoms with E-state index in [0.717, 1.165) is 5.56 Å². The van der Waals surface area contributed by atoms with Crippen LogP contribution < -0.4 is 5.73 Å². The second-order valence-corrected chi connectivity index (χ2v) is 4.73. The van der Waals surface area contributed by atoms with Crippen LogP contribution >= 0.6 is 0 Å². The average molecular weight is 269 g/mol. The van der Waals surface area contributed by atoms with Crippen LogP contribution in [0.2, 0.25) is 0 Å². The fourth-order valence-electron chi connectivity index (χ4n) is 2.29. The fourth-order valence-corrected chi connectivity index (χ4v) is 2.29. The van der Waals surface area contributed by atoms with Crippen LogP contribution in [-0.4, -0.2) is 57.6 Å². The van der Waals surface area contributed by atoms with E-state index in [0.29, 0.717) is 0 Å². The molecule has 6 atom stereocenters. The summed E-state index contributed by atoms with van der Waals surface area (Å²) < 4.78 is 5.41. The van der Waals surface area contributed by atoms with E-state index in [1.807, 2.05) is 6.07 Å². The minimum absolute atomic E-state index is 0.455. The molecule has 1 saturated heterocycles. The van der Waals surface area contributed by atoms with Gasteiger partial charge < -0.3 is 30.9 Å². The number of benzene rings is 1. The Bertz CT molecular complexity index is 399. The Kier molecular flexibility index (Phi) is 4.51. The molecule has 6 nitrogen and oxygen atoms in total. The maximum Gasteiger partial charge on any atom is 0.111 e. The zero-order valence-corrected chi connectivity index (χ0v) is 10.3.